The van der Waals surface area contributed by atoms with Crippen molar-refractivity contribution in [2.75, 3.05) is 14.2 Å². The lowest BCUT2D eigenvalue weighted by atomic mass is 10.2. The Morgan fingerprint density at radius 3 is 2.55 bits per heavy atom. The number of nitrogens with zero attached hydrogens (tertiary/aromatic N) is 4. The average Bonchev–Trinajstić information content (AvgIpc) is 3.39. The lowest BCUT2D eigenvalue weighted by Gasteiger charge is -2.09. The molecular weight excluding hydrogens is 431 g/mol. The number of hydrogen-bond acceptors (Lipinski definition) is 8. The van der Waals surface area contributed by atoms with Gasteiger partial charge >= 0.3 is 5.97 Å². The predicted molar refractivity (Wildman–Crippen MR) is 115 cm³/mol. The van der Waals surface area contributed by atoms with Gasteiger partial charge in [-0.1, -0.05) is 11.3 Å². The highest BCUT2D eigenvalue weighted by Crippen LogP contribution is 2.38. The van der Waals surface area contributed by atoms with Gasteiger partial charge < -0.3 is 18.6 Å². The van der Waals surface area contributed by atoms with Crippen LogP contribution in [0.1, 0.15) is 27.6 Å². The van der Waals surface area contributed by atoms with Crippen molar-refractivity contribution in [1.29, 1.82) is 0 Å². The Morgan fingerprint density at radius 1 is 1.09 bits per heavy atom. The molecule has 4 aromatic rings. The second-order valence-electron chi connectivity index (χ2n) is 7.05. The maximum absolute atomic E-state index is 13.2. The third-order valence-corrected chi connectivity index (χ3v) is 5.03. The third kappa shape index (κ3) is 4.27. The lowest BCUT2D eigenvalue weighted by Crippen LogP contribution is -2.09. The zero-order valence-corrected chi connectivity index (χ0v) is 18.5. The van der Waals surface area contributed by atoms with E-state index in [1.54, 1.807) is 51.3 Å². The minimum absolute atomic E-state index is 0.0511. The molecule has 9 nitrogen and oxygen atoms in total. The van der Waals surface area contributed by atoms with Gasteiger partial charge in [0.25, 0.3) is 0 Å². The molecule has 0 spiro atoms. The molecule has 0 N–H and O–H groups in total. The summed E-state index contributed by atoms with van der Waals surface area (Å²) in [5.74, 6) is 0.798. The number of halogens is 1. The summed E-state index contributed by atoms with van der Waals surface area (Å²) in [6.45, 7) is 3.28. The number of hydrogen-bond donors (Lipinski definition) is 0. The number of carbonyl (C=O) groups excluding carboxylic acids is 1. The Morgan fingerprint density at radius 2 is 1.85 bits per heavy atom. The fourth-order valence-corrected chi connectivity index (χ4v) is 3.28. The smallest absolute Gasteiger partial charge is 0.361 e. The van der Waals surface area contributed by atoms with Crippen LogP contribution in [0.2, 0.25) is 0 Å². The molecule has 0 radical (unpaired) electrons. The molecule has 0 amide bonds. The van der Waals surface area contributed by atoms with Crippen molar-refractivity contribution in [3.8, 4) is 28.6 Å². The van der Waals surface area contributed by atoms with Gasteiger partial charge in [-0.2, -0.15) is 0 Å². The summed E-state index contributed by atoms with van der Waals surface area (Å²) in [4.78, 5) is 17.1. The third-order valence-electron chi connectivity index (χ3n) is 5.03. The molecule has 0 aliphatic rings. The van der Waals surface area contributed by atoms with E-state index in [4.69, 9.17) is 18.6 Å². The molecule has 0 atom stereocenters. The molecule has 0 saturated heterocycles. The molecule has 2 heterocycles. The predicted octanol–water partition coefficient (Wildman–Crippen LogP) is 4.05. The van der Waals surface area contributed by atoms with Crippen LogP contribution >= 0.6 is 0 Å². The number of methoxy groups -OCH3 is 2. The molecule has 10 heteroatoms. The van der Waals surface area contributed by atoms with Gasteiger partial charge in [0.15, 0.2) is 17.2 Å². The second kappa shape index (κ2) is 9.11. The number of aromatic nitrogens is 4. The Labute approximate surface area is 188 Å². The number of benzene rings is 2. The molecule has 170 valence electrons. The van der Waals surface area contributed by atoms with Gasteiger partial charge in [0.2, 0.25) is 5.89 Å². The number of esters is 1. The summed E-state index contributed by atoms with van der Waals surface area (Å²) >= 11 is 0. The Balaban J connectivity index is 1.51. The van der Waals surface area contributed by atoms with Crippen LogP contribution in [-0.4, -0.2) is 40.2 Å². The number of oxazole rings is 1. The lowest BCUT2D eigenvalue weighted by molar-refractivity contribution is 0.0459. The Kier molecular flexibility index (Phi) is 6.07. The van der Waals surface area contributed by atoms with E-state index < -0.39 is 5.97 Å². The summed E-state index contributed by atoms with van der Waals surface area (Å²) < 4.78 is 36.5. The monoisotopic (exact) mass is 452 g/mol. The maximum Gasteiger partial charge on any atom is 0.361 e. The zero-order valence-electron chi connectivity index (χ0n) is 18.5. The number of rotatable bonds is 7. The van der Waals surface area contributed by atoms with Gasteiger partial charge in [0.05, 0.1) is 31.2 Å². The van der Waals surface area contributed by atoms with Crippen molar-refractivity contribution in [1.82, 2.24) is 20.0 Å². The normalized spacial score (nSPS) is 10.8. The van der Waals surface area contributed by atoms with Crippen molar-refractivity contribution in [2.24, 2.45) is 0 Å². The molecular formula is C23H21FN4O5. The molecule has 4 rings (SSSR count). The van der Waals surface area contributed by atoms with Gasteiger partial charge in [-0.05, 0) is 50.2 Å². The number of para-hydroxylation sites is 1. The quantitative estimate of drug-likeness (QED) is 0.387. The van der Waals surface area contributed by atoms with Crippen molar-refractivity contribution >= 4 is 5.97 Å². The second-order valence-corrected chi connectivity index (χ2v) is 7.05. The van der Waals surface area contributed by atoms with Crippen LogP contribution in [0.25, 0.3) is 17.1 Å². The number of aryl methyl sites for hydroxylation is 1. The minimum Gasteiger partial charge on any atom is -0.493 e. The van der Waals surface area contributed by atoms with Crippen LogP contribution in [-0.2, 0) is 11.3 Å². The van der Waals surface area contributed by atoms with Crippen LogP contribution in [0.5, 0.6) is 11.5 Å². The van der Waals surface area contributed by atoms with Gasteiger partial charge in [-0.15, -0.1) is 5.10 Å². The number of carbonyl (C=O) groups is 1. The first-order valence-corrected chi connectivity index (χ1v) is 9.96. The standard InChI is InChI=1S/C23H21FN4O5/c1-13-20(26-27-28(13)16-10-8-15(24)9-11-16)23(29)32-12-18-14(2)33-22(25-18)17-6-5-7-19(30-3)21(17)31-4/h5-11H,12H2,1-4H3. The summed E-state index contributed by atoms with van der Waals surface area (Å²) in [5, 5.41) is 7.89. The molecule has 2 aromatic carbocycles. The topological polar surface area (TPSA) is 102 Å². The summed E-state index contributed by atoms with van der Waals surface area (Å²) in [6.07, 6.45) is 0. The van der Waals surface area contributed by atoms with Crippen LogP contribution in [0, 0.1) is 19.7 Å². The van der Waals surface area contributed by atoms with E-state index >= 15 is 0 Å². The molecule has 0 aliphatic heterocycles. The molecule has 33 heavy (non-hydrogen) atoms. The SMILES string of the molecule is COc1cccc(-c2nc(COC(=O)c3nnn(-c4ccc(F)cc4)c3C)c(C)o2)c1OC. The van der Waals surface area contributed by atoms with Crippen LogP contribution in [0.3, 0.4) is 0 Å². The van der Waals surface area contributed by atoms with E-state index in [0.29, 0.717) is 45.8 Å². The van der Waals surface area contributed by atoms with E-state index in [1.807, 2.05) is 0 Å². The molecule has 0 saturated carbocycles. The van der Waals surface area contributed by atoms with Gasteiger partial charge in [0.1, 0.15) is 23.9 Å². The van der Waals surface area contributed by atoms with E-state index in [-0.39, 0.29) is 18.1 Å². The van der Waals surface area contributed by atoms with E-state index in [0.717, 1.165) is 0 Å². The largest absolute Gasteiger partial charge is 0.493 e. The van der Waals surface area contributed by atoms with Gasteiger partial charge in [-0.25, -0.2) is 18.9 Å². The number of ether oxygens (including phenoxy) is 3. The van der Waals surface area contributed by atoms with Crippen molar-refractivity contribution in [2.45, 2.75) is 20.5 Å². The minimum atomic E-state index is -0.663. The molecule has 0 bridgehead atoms. The van der Waals surface area contributed by atoms with Gasteiger partial charge in [0, 0.05) is 0 Å². The molecule has 0 unspecified atom stereocenters. The van der Waals surface area contributed by atoms with Crippen LogP contribution < -0.4 is 9.47 Å². The van der Waals surface area contributed by atoms with E-state index in [1.165, 1.54) is 23.9 Å². The zero-order chi connectivity index (χ0) is 23.5. The maximum atomic E-state index is 13.2. The highest BCUT2D eigenvalue weighted by atomic mass is 19.1. The summed E-state index contributed by atoms with van der Waals surface area (Å²) in [5.41, 5.74) is 2.15. The Hall–Kier alpha value is -4.21. The van der Waals surface area contributed by atoms with Crippen LogP contribution in [0.15, 0.2) is 46.9 Å². The summed E-state index contributed by atoms with van der Waals surface area (Å²) in [7, 11) is 3.07. The van der Waals surface area contributed by atoms with Crippen LogP contribution in [0.4, 0.5) is 4.39 Å². The Bertz CT molecular complexity index is 1300. The fraction of sp³-hybridized carbons (Fsp3) is 0.217. The van der Waals surface area contributed by atoms with E-state index in [2.05, 4.69) is 15.3 Å². The first kappa shape index (κ1) is 22.0. The molecule has 0 fully saturated rings. The fourth-order valence-electron chi connectivity index (χ4n) is 3.28. The highest BCUT2D eigenvalue weighted by molar-refractivity contribution is 5.88. The molecule has 2 aromatic heterocycles. The van der Waals surface area contributed by atoms with Gasteiger partial charge in [-0.3, -0.25) is 0 Å². The average molecular weight is 452 g/mol. The first-order chi connectivity index (χ1) is 15.9. The van der Waals surface area contributed by atoms with E-state index in [9.17, 15) is 9.18 Å². The van der Waals surface area contributed by atoms with Crippen molar-refractivity contribution < 1.29 is 27.8 Å². The first-order valence-electron chi connectivity index (χ1n) is 9.96. The summed E-state index contributed by atoms with van der Waals surface area (Å²) in [6, 6.07) is 11.0. The molecule has 0 aliphatic carbocycles. The highest BCUT2D eigenvalue weighted by Gasteiger charge is 2.22. The van der Waals surface area contributed by atoms with Crippen molar-refractivity contribution in [3.63, 3.8) is 0 Å². The van der Waals surface area contributed by atoms with Crippen molar-refractivity contribution in [3.05, 3.63) is 71.1 Å².